The molecule has 1 heterocycles. The van der Waals surface area contributed by atoms with E-state index >= 15 is 0 Å². The van der Waals surface area contributed by atoms with Crippen LogP contribution in [0, 0.1) is 0 Å². The van der Waals surface area contributed by atoms with Crippen molar-refractivity contribution in [1.82, 2.24) is 10.3 Å². The fourth-order valence-corrected chi connectivity index (χ4v) is 1.33. The van der Waals surface area contributed by atoms with Gasteiger partial charge in [0.05, 0.1) is 6.54 Å². The van der Waals surface area contributed by atoms with Crippen molar-refractivity contribution in [3.05, 3.63) is 18.3 Å². The fourth-order valence-electron chi connectivity index (χ4n) is 1.33. The van der Waals surface area contributed by atoms with Gasteiger partial charge in [0.25, 0.3) is 0 Å². The third-order valence-electron chi connectivity index (χ3n) is 2.14. The molecule has 3 N–H and O–H groups in total. The first-order valence-electron chi connectivity index (χ1n) is 5.96. The minimum atomic E-state index is 0.00802. The van der Waals surface area contributed by atoms with Crippen LogP contribution in [0.1, 0.15) is 20.3 Å². The van der Waals surface area contributed by atoms with Gasteiger partial charge in [-0.2, -0.15) is 0 Å². The van der Waals surface area contributed by atoms with Gasteiger partial charge in [-0.05, 0) is 19.4 Å². The number of hydrogen-bond donors (Lipinski definition) is 3. The van der Waals surface area contributed by atoms with Crippen molar-refractivity contribution < 1.29 is 4.79 Å². The van der Waals surface area contributed by atoms with Crippen LogP contribution < -0.4 is 16.0 Å². The second-order valence-corrected chi connectivity index (χ2v) is 3.66. The minimum Gasteiger partial charge on any atom is -0.376 e. The predicted octanol–water partition coefficient (Wildman–Crippen LogP) is 1.45. The highest BCUT2D eigenvalue weighted by atomic mass is 16.1. The summed E-state index contributed by atoms with van der Waals surface area (Å²) in [5, 5.41) is 8.99. The van der Waals surface area contributed by atoms with Gasteiger partial charge < -0.3 is 16.0 Å². The molecule has 0 fully saturated rings. The van der Waals surface area contributed by atoms with Crippen LogP contribution in [0.3, 0.4) is 0 Å². The Morgan fingerprint density at radius 2 is 2.18 bits per heavy atom. The van der Waals surface area contributed by atoms with Crippen LogP contribution in [0.2, 0.25) is 0 Å². The summed E-state index contributed by atoms with van der Waals surface area (Å²) in [4.78, 5) is 15.5. The lowest BCUT2D eigenvalue weighted by Crippen LogP contribution is -2.30. The molecule has 0 aliphatic carbocycles. The van der Waals surface area contributed by atoms with E-state index in [1.165, 1.54) is 0 Å². The van der Waals surface area contributed by atoms with Crippen LogP contribution in [-0.4, -0.2) is 30.5 Å². The number of anilines is 2. The van der Waals surface area contributed by atoms with Crippen molar-refractivity contribution in [2.24, 2.45) is 0 Å². The summed E-state index contributed by atoms with van der Waals surface area (Å²) in [6, 6.07) is 3.73. The molecule has 17 heavy (non-hydrogen) atoms. The summed E-state index contributed by atoms with van der Waals surface area (Å²) in [7, 11) is 0. The van der Waals surface area contributed by atoms with Gasteiger partial charge in [-0.15, -0.1) is 0 Å². The lowest BCUT2D eigenvalue weighted by Gasteiger charge is -2.08. The molecule has 0 aromatic carbocycles. The van der Waals surface area contributed by atoms with Gasteiger partial charge in [0.1, 0.15) is 5.82 Å². The van der Waals surface area contributed by atoms with Crippen molar-refractivity contribution in [3.63, 3.8) is 0 Å². The van der Waals surface area contributed by atoms with E-state index in [1.807, 2.05) is 26.0 Å². The molecule has 0 unspecified atom stereocenters. The minimum absolute atomic E-state index is 0.00802. The highest BCUT2D eigenvalue weighted by Gasteiger charge is 2.00. The smallest absolute Gasteiger partial charge is 0.239 e. The number of pyridine rings is 1. The van der Waals surface area contributed by atoms with Gasteiger partial charge in [0.15, 0.2) is 0 Å². The molecule has 0 bridgehead atoms. The number of nitrogens with zero attached hydrogens (tertiary/aromatic N) is 1. The van der Waals surface area contributed by atoms with Crippen molar-refractivity contribution in [2.45, 2.75) is 20.3 Å². The Morgan fingerprint density at radius 1 is 1.35 bits per heavy atom. The van der Waals surface area contributed by atoms with Crippen molar-refractivity contribution in [1.29, 1.82) is 0 Å². The maximum absolute atomic E-state index is 11.4. The molecule has 0 saturated heterocycles. The topological polar surface area (TPSA) is 66.0 Å². The Labute approximate surface area is 102 Å². The van der Waals surface area contributed by atoms with Crippen LogP contribution in [0.4, 0.5) is 11.5 Å². The van der Waals surface area contributed by atoms with Crippen molar-refractivity contribution in [2.75, 3.05) is 30.3 Å². The summed E-state index contributed by atoms with van der Waals surface area (Å²) in [5.74, 6) is 0.820. The summed E-state index contributed by atoms with van der Waals surface area (Å²) in [6.45, 7) is 5.88. The van der Waals surface area contributed by atoms with Crippen LogP contribution >= 0.6 is 0 Å². The normalized spacial score (nSPS) is 9.76. The van der Waals surface area contributed by atoms with Gasteiger partial charge in [-0.1, -0.05) is 6.92 Å². The van der Waals surface area contributed by atoms with E-state index in [-0.39, 0.29) is 12.5 Å². The Morgan fingerprint density at radius 3 is 2.88 bits per heavy atom. The van der Waals surface area contributed by atoms with Crippen LogP contribution in [-0.2, 0) is 4.79 Å². The van der Waals surface area contributed by atoms with Crippen molar-refractivity contribution >= 4 is 17.4 Å². The standard InChI is InChI=1S/C12H20N4O/c1-3-6-15-12(17)9-16-10-5-7-14-11(8-10)13-4-2/h5,7-8H,3-4,6,9H2,1-2H3,(H,15,17)(H2,13,14,16). The Bertz CT molecular complexity index is 354. The number of carbonyl (C=O) groups is 1. The highest BCUT2D eigenvalue weighted by Crippen LogP contribution is 2.10. The quantitative estimate of drug-likeness (QED) is 0.670. The molecule has 0 radical (unpaired) electrons. The molecule has 1 rings (SSSR count). The maximum atomic E-state index is 11.4. The zero-order chi connectivity index (χ0) is 12.5. The number of hydrogen-bond acceptors (Lipinski definition) is 4. The molecule has 1 aromatic heterocycles. The largest absolute Gasteiger partial charge is 0.376 e. The molecule has 1 aromatic rings. The van der Waals surface area contributed by atoms with E-state index in [4.69, 9.17) is 0 Å². The van der Waals surface area contributed by atoms with Crippen LogP contribution in [0.15, 0.2) is 18.3 Å². The first kappa shape index (κ1) is 13.3. The van der Waals surface area contributed by atoms with Gasteiger partial charge in [-0.3, -0.25) is 4.79 Å². The molecule has 0 atom stereocenters. The molecule has 0 aliphatic rings. The van der Waals surface area contributed by atoms with Gasteiger partial charge in [0.2, 0.25) is 5.91 Å². The highest BCUT2D eigenvalue weighted by molar-refractivity contribution is 5.80. The zero-order valence-corrected chi connectivity index (χ0v) is 10.4. The SMILES string of the molecule is CCCNC(=O)CNc1ccnc(NCC)c1. The van der Waals surface area contributed by atoms with E-state index < -0.39 is 0 Å². The van der Waals surface area contributed by atoms with E-state index in [1.54, 1.807) is 6.20 Å². The molecule has 5 nitrogen and oxygen atoms in total. The van der Waals surface area contributed by atoms with Crippen LogP contribution in [0.25, 0.3) is 0 Å². The lowest BCUT2D eigenvalue weighted by atomic mass is 10.3. The lowest BCUT2D eigenvalue weighted by molar-refractivity contribution is -0.119. The number of amides is 1. The third kappa shape index (κ3) is 5.19. The first-order valence-corrected chi connectivity index (χ1v) is 5.96. The molecule has 0 aliphatic heterocycles. The molecule has 0 spiro atoms. The van der Waals surface area contributed by atoms with Crippen LogP contribution in [0.5, 0.6) is 0 Å². The second-order valence-electron chi connectivity index (χ2n) is 3.66. The predicted molar refractivity (Wildman–Crippen MR) is 70.2 cm³/mol. The molecular formula is C12H20N4O. The van der Waals surface area contributed by atoms with E-state index in [9.17, 15) is 4.79 Å². The first-order chi connectivity index (χ1) is 8.26. The number of aromatic nitrogens is 1. The number of rotatable bonds is 7. The van der Waals surface area contributed by atoms with E-state index in [0.29, 0.717) is 0 Å². The average molecular weight is 236 g/mol. The third-order valence-corrected chi connectivity index (χ3v) is 2.14. The monoisotopic (exact) mass is 236 g/mol. The van der Waals surface area contributed by atoms with Gasteiger partial charge in [0, 0.05) is 31.0 Å². The summed E-state index contributed by atoms with van der Waals surface area (Å²) < 4.78 is 0. The van der Waals surface area contributed by atoms with E-state index in [2.05, 4.69) is 20.9 Å². The summed E-state index contributed by atoms with van der Waals surface area (Å²) in [5.41, 5.74) is 0.891. The maximum Gasteiger partial charge on any atom is 0.239 e. The molecule has 94 valence electrons. The van der Waals surface area contributed by atoms with E-state index in [0.717, 1.165) is 31.0 Å². The molecular weight excluding hydrogens is 216 g/mol. The van der Waals surface area contributed by atoms with Gasteiger partial charge >= 0.3 is 0 Å². The number of carbonyl (C=O) groups excluding carboxylic acids is 1. The van der Waals surface area contributed by atoms with Crippen molar-refractivity contribution in [3.8, 4) is 0 Å². The molecule has 0 saturated carbocycles. The molecule has 1 amide bonds. The summed E-state index contributed by atoms with van der Waals surface area (Å²) >= 11 is 0. The second kappa shape index (κ2) is 7.49. The average Bonchev–Trinajstić information content (AvgIpc) is 2.35. The zero-order valence-electron chi connectivity index (χ0n) is 10.4. The Hall–Kier alpha value is -1.78. The Kier molecular flexibility index (Phi) is 5.85. The van der Waals surface area contributed by atoms with Gasteiger partial charge in [-0.25, -0.2) is 4.98 Å². The Balaban J connectivity index is 2.40. The summed E-state index contributed by atoms with van der Waals surface area (Å²) in [6.07, 6.45) is 2.66. The fraction of sp³-hybridized carbons (Fsp3) is 0.500. The number of nitrogens with one attached hydrogen (secondary N) is 3. The molecule has 5 heteroatoms.